The highest BCUT2D eigenvalue weighted by Gasteiger charge is 2.20. The fourth-order valence-electron chi connectivity index (χ4n) is 1.75. The molecule has 2 heterocycles. The molecular weight excluding hydrogens is 196 g/mol. The maximum absolute atomic E-state index is 5.63. The van der Waals surface area contributed by atoms with Gasteiger partial charge in [0.2, 0.25) is 0 Å². The predicted octanol–water partition coefficient (Wildman–Crippen LogP) is 1.80. The van der Waals surface area contributed by atoms with Gasteiger partial charge in [-0.1, -0.05) is 0 Å². The molecule has 3 nitrogen and oxygen atoms in total. The highest BCUT2D eigenvalue weighted by atomic mass is 32.1. The maximum Gasteiger partial charge on any atom is 0.0985 e. The van der Waals surface area contributed by atoms with Gasteiger partial charge in [-0.25, -0.2) is 4.98 Å². The van der Waals surface area contributed by atoms with Gasteiger partial charge in [0.05, 0.1) is 17.3 Å². The average Bonchev–Trinajstić information content (AvgIpc) is 2.61. The molecule has 1 unspecified atom stereocenters. The fourth-order valence-corrected chi connectivity index (χ4v) is 2.81. The van der Waals surface area contributed by atoms with Crippen LogP contribution in [-0.2, 0) is 11.3 Å². The summed E-state index contributed by atoms with van der Waals surface area (Å²) in [5, 5.41) is 1.21. The van der Waals surface area contributed by atoms with Crippen molar-refractivity contribution in [2.75, 3.05) is 13.2 Å². The summed E-state index contributed by atoms with van der Waals surface area (Å²) < 4.78 is 5.45. The molecule has 1 saturated heterocycles. The van der Waals surface area contributed by atoms with Gasteiger partial charge in [0, 0.05) is 23.9 Å². The van der Waals surface area contributed by atoms with E-state index in [4.69, 9.17) is 10.5 Å². The second kappa shape index (κ2) is 4.38. The Labute approximate surface area is 88.3 Å². The number of rotatable bonds is 2. The molecule has 1 fully saturated rings. The van der Waals surface area contributed by atoms with Gasteiger partial charge >= 0.3 is 0 Å². The van der Waals surface area contributed by atoms with Gasteiger partial charge in [-0.3, -0.25) is 0 Å². The van der Waals surface area contributed by atoms with E-state index in [9.17, 15) is 0 Å². The zero-order chi connectivity index (χ0) is 9.97. The van der Waals surface area contributed by atoms with Crippen molar-refractivity contribution in [3.05, 3.63) is 15.6 Å². The Bertz CT molecular complexity index is 305. The minimum Gasteiger partial charge on any atom is -0.381 e. The van der Waals surface area contributed by atoms with Gasteiger partial charge in [-0.05, 0) is 19.8 Å². The molecule has 0 aromatic carbocycles. The Kier molecular flexibility index (Phi) is 3.15. The molecule has 4 heteroatoms. The van der Waals surface area contributed by atoms with Crippen LogP contribution in [0, 0.1) is 6.92 Å². The van der Waals surface area contributed by atoms with E-state index in [-0.39, 0.29) is 0 Å². The zero-order valence-corrected chi connectivity index (χ0v) is 9.27. The van der Waals surface area contributed by atoms with Crippen molar-refractivity contribution >= 4 is 11.3 Å². The number of ether oxygens (including phenoxy) is 1. The number of aromatic nitrogens is 1. The zero-order valence-electron chi connectivity index (χ0n) is 8.45. The van der Waals surface area contributed by atoms with Gasteiger partial charge < -0.3 is 10.5 Å². The monoisotopic (exact) mass is 212 g/mol. The molecule has 1 aromatic heterocycles. The molecule has 14 heavy (non-hydrogen) atoms. The summed E-state index contributed by atoms with van der Waals surface area (Å²) in [7, 11) is 0. The number of hydrogen-bond donors (Lipinski definition) is 1. The Hall–Kier alpha value is -0.450. The first-order chi connectivity index (χ1) is 6.81. The molecule has 1 aliphatic rings. The standard InChI is InChI=1S/C10H16N2OS/c1-7-9(5-11)14-10(12-7)8-3-2-4-13-6-8/h8H,2-6,11H2,1H3. The summed E-state index contributed by atoms with van der Waals surface area (Å²) in [5.74, 6) is 0.507. The molecule has 0 amide bonds. The first-order valence-electron chi connectivity index (χ1n) is 5.05. The molecule has 1 atom stereocenters. The number of nitrogens with zero attached hydrogens (tertiary/aromatic N) is 1. The van der Waals surface area contributed by atoms with E-state index in [2.05, 4.69) is 4.98 Å². The lowest BCUT2D eigenvalue weighted by Crippen LogP contribution is -2.15. The first-order valence-corrected chi connectivity index (χ1v) is 5.87. The molecule has 2 N–H and O–H groups in total. The first kappa shape index (κ1) is 10.1. The van der Waals surface area contributed by atoms with E-state index >= 15 is 0 Å². The Morgan fingerprint density at radius 2 is 2.50 bits per heavy atom. The van der Waals surface area contributed by atoms with E-state index < -0.39 is 0 Å². The minimum absolute atomic E-state index is 0.507. The Morgan fingerprint density at radius 3 is 3.07 bits per heavy atom. The third-order valence-electron chi connectivity index (χ3n) is 2.60. The Morgan fingerprint density at radius 1 is 1.64 bits per heavy atom. The van der Waals surface area contributed by atoms with E-state index in [1.54, 1.807) is 11.3 Å². The van der Waals surface area contributed by atoms with Gasteiger partial charge in [0.25, 0.3) is 0 Å². The summed E-state index contributed by atoms with van der Waals surface area (Å²) in [4.78, 5) is 5.78. The smallest absolute Gasteiger partial charge is 0.0985 e. The summed E-state index contributed by atoms with van der Waals surface area (Å²) in [6.07, 6.45) is 2.36. The van der Waals surface area contributed by atoms with Crippen molar-refractivity contribution in [2.24, 2.45) is 5.73 Å². The van der Waals surface area contributed by atoms with Crippen molar-refractivity contribution in [1.82, 2.24) is 4.98 Å². The third kappa shape index (κ3) is 1.97. The normalized spacial score (nSPS) is 22.6. The van der Waals surface area contributed by atoms with Crippen molar-refractivity contribution in [1.29, 1.82) is 0 Å². The van der Waals surface area contributed by atoms with Crippen molar-refractivity contribution < 1.29 is 4.74 Å². The van der Waals surface area contributed by atoms with Crippen LogP contribution in [0.25, 0.3) is 0 Å². The second-order valence-electron chi connectivity index (χ2n) is 3.68. The van der Waals surface area contributed by atoms with Crippen LogP contribution in [0.5, 0.6) is 0 Å². The molecule has 1 aliphatic heterocycles. The largest absolute Gasteiger partial charge is 0.381 e. The van der Waals surface area contributed by atoms with Crippen LogP contribution in [0.2, 0.25) is 0 Å². The lowest BCUT2D eigenvalue weighted by atomic mass is 10.0. The maximum atomic E-state index is 5.63. The Balaban J connectivity index is 2.14. The van der Waals surface area contributed by atoms with Crippen LogP contribution in [0.15, 0.2) is 0 Å². The highest BCUT2D eigenvalue weighted by molar-refractivity contribution is 7.11. The van der Waals surface area contributed by atoms with E-state index in [1.165, 1.54) is 16.3 Å². The van der Waals surface area contributed by atoms with Crippen molar-refractivity contribution in [2.45, 2.75) is 32.2 Å². The van der Waals surface area contributed by atoms with E-state index in [1.807, 2.05) is 6.92 Å². The number of thiazole rings is 1. The number of aryl methyl sites for hydroxylation is 1. The number of nitrogens with two attached hydrogens (primary N) is 1. The summed E-state index contributed by atoms with van der Waals surface area (Å²) in [6, 6.07) is 0. The van der Waals surface area contributed by atoms with Crippen LogP contribution in [0.3, 0.4) is 0 Å². The lowest BCUT2D eigenvalue weighted by molar-refractivity contribution is 0.0803. The summed E-state index contributed by atoms with van der Waals surface area (Å²) in [5.41, 5.74) is 6.73. The molecule has 0 aliphatic carbocycles. The molecule has 2 rings (SSSR count). The molecule has 0 bridgehead atoms. The molecule has 0 spiro atoms. The molecular formula is C10H16N2OS. The highest BCUT2D eigenvalue weighted by Crippen LogP contribution is 2.30. The molecule has 78 valence electrons. The summed E-state index contributed by atoms with van der Waals surface area (Å²) >= 11 is 1.75. The van der Waals surface area contributed by atoms with E-state index in [0.29, 0.717) is 12.5 Å². The van der Waals surface area contributed by atoms with Gasteiger partial charge in [-0.2, -0.15) is 0 Å². The van der Waals surface area contributed by atoms with E-state index in [0.717, 1.165) is 25.3 Å². The van der Waals surface area contributed by atoms with Crippen LogP contribution in [-0.4, -0.2) is 18.2 Å². The third-order valence-corrected chi connectivity index (χ3v) is 3.95. The van der Waals surface area contributed by atoms with Gasteiger partial charge in [0.15, 0.2) is 0 Å². The quantitative estimate of drug-likeness (QED) is 0.813. The van der Waals surface area contributed by atoms with Crippen LogP contribution in [0.4, 0.5) is 0 Å². The SMILES string of the molecule is Cc1nc(C2CCCOC2)sc1CN. The topological polar surface area (TPSA) is 48.1 Å². The van der Waals surface area contributed by atoms with Crippen molar-refractivity contribution in [3.63, 3.8) is 0 Å². The van der Waals surface area contributed by atoms with Crippen LogP contribution >= 0.6 is 11.3 Å². The minimum atomic E-state index is 0.507. The second-order valence-corrected chi connectivity index (χ2v) is 4.79. The average molecular weight is 212 g/mol. The van der Waals surface area contributed by atoms with Crippen LogP contribution < -0.4 is 5.73 Å². The predicted molar refractivity (Wildman–Crippen MR) is 57.5 cm³/mol. The number of hydrogen-bond acceptors (Lipinski definition) is 4. The van der Waals surface area contributed by atoms with Gasteiger partial charge in [0.1, 0.15) is 0 Å². The summed E-state index contributed by atoms with van der Waals surface area (Å²) in [6.45, 7) is 4.38. The fraction of sp³-hybridized carbons (Fsp3) is 0.700. The molecule has 0 saturated carbocycles. The van der Waals surface area contributed by atoms with Crippen molar-refractivity contribution in [3.8, 4) is 0 Å². The van der Waals surface area contributed by atoms with Crippen LogP contribution in [0.1, 0.15) is 34.3 Å². The van der Waals surface area contributed by atoms with Gasteiger partial charge in [-0.15, -0.1) is 11.3 Å². The lowest BCUT2D eigenvalue weighted by Gasteiger charge is -2.19. The molecule has 0 radical (unpaired) electrons. The molecule has 1 aromatic rings.